The van der Waals surface area contributed by atoms with Gasteiger partial charge in [-0.25, -0.2) is 0 Å². The fraction of sp³-hybridized carbons (Fsp3) is 0.375. The van der Waals surface area contributed by atoms with Crippen LogP contribution in [-0.2, 0) is 6.42 Å². The molecule has 0 saturated heterocycles. The molecule has 2 N–H and O–H groups in total. The van der Waals surface area contributed by atoms with Crippen LogP contribution in [0.3, 0.4) is 0 Å². The molecule has 0 saturated carbocycles. The maximum absolute atomic E-state index is 5.52. The highest BCUT2D eigenvalue weighted by atomic mass is 14.5. The van der Waals surface area contributed by atoms with Crippen LogP contribution in [-0.4, -0.2) is 6.54 Å². The third-order valence-electron chi connectivity index (χ3n) is 3.38. The molecule has 0 heterocycles. The summed E-state index contributed by atoms with van der Waals surface area (Å²) in [5, 5.41) is 2.81. The quantitative estimate of drug-likeness (QED) is 0.772. The highest BCUT2D eigenvalue weighted by Crippen LogP contribution is 2.23. The molecular weight excluding hydrogens is 206 g/mol. The highest BCUT2D eigenvalue weighted by Gasteiger charge is 2.02. The van der Waals surface area contributed by atoms with Crippen molar-refractivity contribution in [2.45, 2.75) is 32.6 Å². The lowest BCUT2D eigenvalue weighted by molar-refractivity contribution is 0.688. The first-order valence-electron chi connectivity index (χ1n) is 6.50. The van der Waals surface area contributed by atoms with E-state index >= 15 is 0 Å². The molecule has 2 aromatic rings. The minimum absolute atomic E-state index is 0.814. The predicted molar refractivity (Wildman–Crippen MR) is 75.3 cm³/mol. The zero-order valence-corrected chi connectivity index (χ0v) is 10.6. The Bertz CT molecular complexity index is 488. The van der Waals surface area contributed by atoms with Crippen molar-refractivity contribution >= 4 is 10.8 Å². The molecule has 0 amide bonds. The van der Waals surface area contributed by atoms with Crippen molar-refractivity contribution in [1.82, 2.24) is 0 Å². The largest absolute Gasteiger partial charge is 0.330 e. The van der Waals surface area contributed by atoms with Crippen LogP contribution in [0.15, 0.2) is 36.4 Å². The number of rotatable bonds is 5. The van der Waals surface area contributed by atoms with Gasteiger partial charge in [0.1, 0.15) is 0 Å². The number of hydrogen-bond donors (Lipinski definition) is 1. The van der Waals surface area contributed by atoms with E-state index in [0.717, 1.165) is 13.0 Å². The third kappa shape index (κ3) is 2.86. The molecule has 0 fully saturated rings. The van der Waals surface area contributed by atoms with Gasteiger partial charge >= 0.3 is 0 Å². The van der Waals surface area contributed by atoms with Crippen molar-refractivity contribution in [2.75, 3.05) is 6.54 Å². The third-order valence-corrected chi connectivity index (χ3v) is 3.38. The van der Waals surface area contributed by atoms with Gasteiger partial charge in [0.2, 0.25) is 0 Å². The van der Waals surface area contributed by atoms with E-state index in [1.54, 1.807) is 0 Å². The minimum Gasteiger partial charge on any atom is -0.330 e. The van der Waals surface area contributed by atoms with Gasteiger partial charge in [0, 0.05) is 0 Å². The summed E-state index contributed by atoms with van der Waals surface area (Å²) < 4.78 is 0. The molecule has 0 aromatic heterocycles. The summed E-state index contributed by atoms with van der Waals surface area (Å²) in [5.74, 6) is 0. The van der Waals surface area contributed by atoms with Gasteiger partial charge in [0.15, 0.2) is 0 Å². The first-order valence-corrected chi connectivity index (χ1v) is 6.50. The maximum Gasteiger partial charge on any atom is -0.00773 e. The van der Waals surface area contributed by atoms with Crippen molar-refractivity contribution < 1.29 is 0 Å². The van der Waals surface area contributed by atoms with Crippen LogP contribution in [0.25, 0.3) is 10.8 Å². The lowest BCUT2D eigenvalue weighted by Gasteiger charge is -2.08. The van der Waals surface area contributed by atoms with Gasteiger partial charge in [0.25, 0.3) is 0 Å². The molecule has 0 bridgehead atoms. The molecule has 2 rings (SSSR count). The number of nitrogens with two attached hydrogens (primary N) is 1. The molecule has 1 heteroatoms. The van der Waals surface area contributed by atoms with Gasteiger partial charge in [0.05, 0.1) is 0 Å². The zero-order chi connectivity index (χ0) is 12.1. The van der Waals surface area contributed by atoms with Crippen LogP contribution in [0.2, 0.25) is 0 Å². The Morgan fingerprint density at radius 1 is 0.882 bits per heavy atom. The van der Waals surface area contributed by atoms with E-state index in [4.69, 9.17) is 5.73 Å². The molecule has 0 spiro atoms. The molecule has 0 unspecified atom stereocenters. The first-order chi connectivity index (χ1) is 8.33. The molecule has 0 aliphatic carbocycles. The summed E-state index contributed by atoms with van der Waals surface area (Å²) in [6.45, 7) is 3.00. The zero-order valence-electron chi connectivity index (χ0n) is 10.6. The van der Waals surface area contributed by atoms with E-state index in [2.05, 4.69) is 43.3 Å². The molecule has 2 aromatic carbocycles. The molecule has 17 heavy (non-hydrogen) atoms. The molecule has 0 radical (unpaired) electrons. The van der Waals surface area contributed by atoms with Gasteiger partial charge in [-0.15, -0.1) is 0 Å². The summed E-state index contributed by atoms with van der Waals surface area (Å²) in [7, 11) is 0. The second-order valence-electron chi connectivity index (χ2n) is 4.69. The Morgan fingerprint density at radius 3 is 2.41 bits per heavy atom. The van der Waals surface area contributed by atoms with Crippen LogP contribution in [0.5, 0.6) is 0 Å². The van der Waals surface area contributed by atoms with Crippen molar-refractivity contribution in [1.29, 1.82) is 0 Å². The Hall–Kier alpha value is -1.34. The van der Waals surface area contributed by atoms with Crippen molar-refractivity contribution in [2.24, 2.45) is 5.73 Å². The van der Waals surface area contributed by atoms with E-state index in [0.29, 0.717) is 0 Å². The van der Waals surface area contributed by atoms with Gasteiger partial charge in [-0.1, -0.05) is 42.8 Å². The Labute approximate surface area is 104 Å². The summed E-state index contributed by atoms with van der Waals surface area (Å²) in [5.41, 5.74) is 8.36. The topological polar surface area (TPSA) is 26.0 Å². The Kier molecular flexibility index (Phi) is 4.16. The van der Waals surface area contributed by atoms with Crippen molar-refractivity contribution in [3.8, 4) is 0 Å². The Balaban J connectivity index is 2.20. The van der Waals surface area contributed by atoms with Crippen LogP contribution in [0.4, 0.5) is 0 Å². The average molecular weight is 227 g/mol. The predicted octanol–water partition coefficient (Wildman–Crippen LogP) is 3.82. The smallest absolute Gasteiger partial charge is 0.00773 e. The monoisotopic (exact) mass is 227 g/mol. The first kappa shape index (κ1) is 12.1. The van der Waals surface area contributed by atoms with Gasteiger partial charge in [-0.3, -0.25) is 0 Å². The van der Waals surface area contributed by atoms with Crippen molar-refractivity contribution in [3.63, 3.8) is 0 Å². The maximum atomic E-state index is 5.52. The number of unbranched alkanes of at least 4 members (excludes halogenated alkanes) is 2. The van der Waals surface area contributed by atoms with E-state index in [9.17, 15) is 0 Å². The molecule has 0 aliphatic rings. The SMILES string of the molecule is Cc1ccc(CCCCCN)c2ccccc12. The normalized spacial score (nSPS) is 10.9. The molecule has 90 valence electrons. The van der Waals surface area contributed by atoms with E-state index in [1.165, 1.54) is 41.2 Å². The fourth-order valence-electron chi connectivity index (χ4n) is 2.37. The second kappa shape index (κ2) is 5.83. The lowest BCUT2D eigenvalue weighted by Crippen LogP contribution is -1.98. The molecular formula is C16H21N. The summed E-state index contributed by atoms with van der Waals surface area (Å²) in [6.07, 6.45) is 4.79. The summed E-state index contributed by atoms with van der Waals surface area (Å²) in [4.78, 5) is 0. The van der Waals surface area contributed by atoms with E-state index in [-0.39, 0.29) is 0 Å². The van der Waals surface area contributed by atoms with Crippen LogP contribution < -0.4 is 5.73 Å². The number of hydrogen-bond acceptors (Lipinski definition) is 1. The minimum atomic E-state index is 0.814. The molecule has 0 atom stereocenters. The standard InChI is InChI=1S/C16H21N/c1-13-10-11-14(7-3-2-6-12-17)16-9-5-4-8-15(13)16/h4-5,8-11H,2-3,6-7,12,17H2,1H3. The molecule has 1 nitrogen and oxygen atoms in total. The second-order valence-corrected chi connectivity index (χ2v) is 4.69. The van der Waals surface area contributed by atoms with Crippen molar-refractivity contribution in [3.05, 3.63) is 47.5 Å². The number of benzene rings is 2. The van der Waals surface area contributed by atoms with Gasteiger partial charge in [-0.2, -0.15) is 0 Å². The van der Waals surface area contributed by atoms with E-state index < -0.39 is 0 Å². The summed E-state index contributed by atoms with van der Waals surface area (Å²) in [6, 6.07) is 13.2. The average Bonchev–Trinajstić information content (AvgIpc) is 2.37. The van der Waals surface area contributed by atoms with Crippen LogP contribution in [0.1, 0.15) is 30.4 Å². The lowest BCUT2D eigenvalue weighted by atomic mass is 9.97. The fourth-order valence-corrected chi connectivity index (χ4v) is 2.37. The number of aryl methyl sites for hydroxylation is 2. The Morgan fingerprint density at radius 2 is 1.65 bits per heavy atom. The molecule has 0 aliphatic heterocycles. The number of fused-ring (bicyclic) bond motifs is 1. The summed E-state index contributed by atoms with van der Waals surface area (Å²) >= 11 is 0. The van der Waals surface area contributed by atoms with Gasteiger partial charge < -0.3 is 5.73 Å². The van der Waals surface area contributed by atoms with Crippen LogP contribution >= 0.6 is 0 Å². The highest BCUT2D eigenvalue weighted by molar-refractivity contribution is 5.88. The van der Waals surface area contributed by atoms with Crippen LogP contribution in [0, 0.1) is 6.92 Å². The van der Waals surface area contributed by atoms with E-state index in [1.807, 2.05) is 0 Å². The van der Waals surface area contributed by atoms with Gasteiger partial charge in [-0.05, 0) is 54.6 Å².